The van der Waals surface area contributed by atoms with Crippen molar-refractivity contribution in [2.75, 3.05) is 6.54 Å². The third-order valence-electron chi connectivity index (χ3n) is 3.66. The van der Waals surface area contributed by atoms with Gasteiger partial charge in [0.2, 0.25) is 5.91 Å². The number of aromatic nitrogens is 1. The van der Waals surface area contributed by atoms with Gasteiger partial charge >= 0.3 is 0 Å². The molecule has 100 valence electrons. The highest BCUT2D eigenvalue weighted by atomic mass is 32.1. The van der Waals surface area contributed by atoms with Crippen molar-refractivity contribution in [1.29, 1.82) is 0 Å². The predicted molar refractivity (Wildman–Crippen MR) is 73.5 cm³/mol. The fourth-order valence-electron chi connectivity index (χ4n) is 2.42. The first-order valence-electron chi connectivity index (χ1n) is 6.41. The lowest BCUT2D eigenvalue weighted by molar-refractivity contribution is -0.126. The van der Waals surface area contributed by atoms with Crippen molar-refractivity contribution in [2.24, 2.45) is 5.41 Å². The van der Waals surface area contributed by atoms with Crippen LogP contribution in [0.1, 0.15) is 37.3 Å². The summed E-state index contributed by atoms with van der Waals surface area (Å²) in [5, 5.41) is 6.35. The standard InChI is InChI=1S/C13H21N3OS/c1-9-10(18-8-16-9)7-15-12(17)11-13(2,3)5-4-6-14-11/h8,11,14H,4-7H2,1-3H3,(H,15,17). The van der Waals surface area contributed by atoms with Crippen LogP contribution in [0.5, 0.6) is 0 Å². The summed E-state index contributed by atoms with van der Waals surface area (Å²) < 4.78 is 0. The van der Waals surface area contributed by atoms with Gasteiger partial charge in [-0.1, -0.05) is 13.8 Å². The Balaban J connectivity index is 1.93. The van der Waals surface area contributed by atoms with Gasteiger partial charge in [-0.15, -0.1) is 11.3 Å². The van der Waals surface area contributed by atoms with Crippen LogP contribution >= 0.6 is 11.3 Å². The Bertz CT molecular complexity index is 428. The Hall–Kier alpha value is -0.940. The van der Waals surface area contributed by atoms with E-state index < -0.39 is 0 Å². The van der Waals surface area contributed by atoms with Crippen molar-refractivity contribution in [1.82, 2.24) is 15.6 Å². The van der Waals surface area contributed by atoms with Gasteiger partial charge in [0.1, 0.15) is 0 Å². The Morgan fingerprint density at radius 2 is 2.44 bits per heavy atom. The van der Waals surface area contributed by atoms with Crippen molar-refractivity contribution >= 4 is 17.2 Å². The maximum atomic E-state index is 12.2. The Kier molecular flexibility index (Phi) is 4.02. The van der Waals surface area contributed by atoms with E-state index in [0.29, 0.717) is 6.54 Å². The fourth-order valence-corrected chi connectivity index (χ4v) is 3.14. The lowest BCUT2D eigenvalue weighted by Crippen LogP contribution is -2.55. The Labute approximate surface area is 112 Å². The summed E-state index contributed by atoms with van der Waals surface area (Å²) in [6, 6.07) is -0.0838. The fraction of sp³-hybridized carbons (Fsp3) is 0.692. The number of rotatable bonds is 3. The van der Waals surface area contributed by atoms with Crippen LogP contribution in [0.4, 0.5) is 0 Å². The molecule has 0 spiro atoms. The molecule has 5 heteroatoms. The summed E-state index contributed by atoms with van der Waals surface area (Å²) in [5.74, 6) is 0.104. The summed E-state index contributed by atoms with van der Waals surface area (Å²) in [7, 11) is 0. The van der Waals surface area contributed by atoms with Crippen molar-refractivity contribution < 1.29 is 4.79 Å². The summed E-state index contributed by atoms with van der Waals surface area (Å²) in [6.45, 7) is 7.80. The van der Waals surface area contributed by atoms with E-state index in [0.717, 1.165) is 30.0 Å². The molecule has 0 bridgehead atoms. The molecular weight excluding hydrogens is 246 g/mol. The number of aryl methyl sites for hydroxylation is 1. The van der Waals surface area contributed by atoms with Crippen molar-refractivity contribution in [3.05, 3.63) is 16.1 Å². The smallest absolute Gasteiger partial charge is 0.237 e. The van der Waals surface area contributed by atoms with Crippen LogP contribution in [0.3, 0.4) is 0 Å². The molecule has 1 unspecified atom stereocenters. The molecule has 2 N–H and O–H groups in total. The molecular formula is C13H21N3OS. The maximum absolute atomic E-state index is 12.2. The molecule has 2 rings (SSSR count). The number of amides is 1. The minimum atomic E-state index is -0.0838. The third-order valence-corrected chi connectivity index (χ3v) is 4.59. The second-order valence-corrected chi connectivity index (χ2v) is 6.50. The zero-order valence-electron chi connectivity index (χ0n) is 11.2. The van der Waals surface area contributed by atoms with Crippen molar-refractivity contribution in [2.45, 2.75) is 46.2 Å². The number of nitrogens with one attached hydrogen (secondary N) is 2. The van der Waals surface area contributed by atoms with Crippen LogP contribution in [0.25, 0.3) is 0 Å². The highest BCUT2D eigenvalue weighted by molar-refractivity contribution is 7.09. The predicted octanol–water partition coefficient (Wildman–Crippen LogP) is 1.85. The molecule has 0 saturated carbocycles. The molecule has 1 aliphatic heterocycles. The van der Waals surface area contributed by atoms with Crippen molar-refractivity contribution in [3.8, 4) is 0 Å². The largest absolute Gasteiger partial charge is 0.350 e. The molecule has 0 aromatic carbocycles. The normalized spacial score (nSPS) is 22.7. The number of carbonyl (C=O) groups is 1. The van der Waals surface area contributed by atoms with Gasteiger partial charge in [0.15, 0.2) is 0 Å². The molecule has 1 fully saturated rings. The number of thiazole rings is 1. The molecule has 1 amide bonds. The van der Waals surface area contributed by atoms with Gasteiger partial charge in [-0.2, -0.15) is 0 Å². The number of piperidine rings is 1. The average molecular weight is 267 g/mol. The minimum absolute atomic E-state index is 0.0328. The first-order chi connectivity index (χ1) is 8.50. The van der Waals surface area contributed by atoms with E-state index in [1.807, 2.05) is 12.4 Å². The molecule has 0 aliphatic carbocycles. The van der Waals surface area contributed by atoms with Crippen LogP contribution < -0.4 is 10.6 Å². The van der Waals surface area contributed by atoms with E-state index in [4.69, 9.17) is 0 Å². The number of carbonyl (C=O) groups excluding carboxylic acids is 1. The van der Waals surface area contributed by atoms with Gasteiger partial charge in [0, 0.05) is 4.88 Å². The Morgan fingerprint density at radius 3 is 3.06 bits per heavy atom. The van der Waals surface area contributed by atoms with Gasteiger partial charge in [-0.05, 0) is 31.7 Å². The van der Waals surface area contributed by atoms with Crippen LogP contribution in [0, 0.1) is 12.3 Å². The van der Waals surface area contributed by atoms with Crippen LogP contribution in [-0.4, -0.2) is 23.5 Å². The molecule has 0 radical (unpaired) electrons. The lowest BCUT2D eigenvalue weighted by atomic mass is 9.77. The van der Waals surface area contributed by atoms with E-state index >= 15 is 0 Å². The first kappa shape index (κ1) is 13.5. The van der Waals surface area contributed by atoms with Crippen molar-refractivity contribution in [3.63, 3.8) is 0 Å². The summed E-state index contributed by atoms with van der Waals surface area (Å²) in [4.78, 5) is 17.6. The van der Waals surface area contributed by atoms with Crippen LogP contribution in [0.15, 0.2) is 5.51 Å². The van der Waals surface area contributed by atoms with Gasteiger partial charge in [-0.25, -0.2) is 4.98 Å². The third kappa shape index (κ3) is 2.90. The summed E-state index contributed by atoms with van der Waals surface area (Å²) in [5.41, 5.74) is 2.86. The quantitative estimate of drug-likeness (QED) is 0.878. The monoisotopic (exact) mass is 267 g/mol. The number of nitrogens with zero attached hydrogens (tertiary/aromatic N) is 1. The van der Waals surface area contributed by atoms with Gasteiger partial charge in [-0.3, -0.25) is 4.79 Å². The van der Waals surface area contributed by atoms with E-state index in [2.05, 4.69) is 29.5 Å². The van der Waals surface area contributed by atoms with Gasteiger partial charge in [0.25, 0.3) is 0 Å². The SMILES string of the molecule is Cc1ncsc1CNC(=O)C1NCCCC1(C)C. The second kappa shape index (κ2) is 5.36. The molecule has 1 saturated heterocycles. The van der Waals surface area contributed by atoms with Crippen LogP contribution in [0.2, 0.25) is 0 Å². The topological polar surface area (TPSA) is 54.0 Å². The average Bonchev–Trinajstić information content (AvgIpc) is 2.71. The number of hydrogen-bond donors (Lipinski definition) is 2. The highest BCUT2D eigenvalue weighted by Crippen LogP contribution is 2.30. The van der Waals surface area contributed by atoms with E-state index in [1.54, 1.807) is 11.3 Å². The molecule has 18 heavy (non-hydrogen) atoms. The van der Waals surface area contributed by atoms with E-state index in [-0.39, 0.29) is 17.4 Å². The molecule has 1 aromatic heterocycles. The molecule has 1 aromatic rings. The van der Waals surface area contributed by atoms with Gasteiger partial charge < -0.3 is 10.6 Å². The number of hydrogen-bond acceptors (Lipinski definition) is 4. The molecule has 2 heterocycles. The zero-order valence-corrected chi connectivity index (χ0v) is 12.1. The zero-order chi connectivity index (χ0) is 13.2. The van der Waals surface area contributed by atoms with E-state index in [9.17, 15) is 4.79 Å². The molecule has 4 nitrogen and oxygen atoms in total. The maximum Gasteiger partial charge on any atom is 0.237 e. The lowest BCUT2D eigenvalue weighted by Gasteiger charge is -2.38. The highest BCUT2D eigenvalue weighted by Gasteiger charge is 2.36. The van der Waals surface area contributed by atoms with E-state index in [1.165, 1.54) is 0 Å². The van der Waals surface area contributed by atoms with Gasteiger partial charge in [0.05, 0.1) is 23.8 Å². The second-order valence-electron chi connectivity index (χ2n) is 5.56. The molecule has 1 aliphatic rings. The summed E-state index contributed by atoms with van der Waals surface area (Å²) >= 11 is 1.59. The first-order valence-corrected chi connectivity index (χ1v) is 7.29. The summed E-state index contributed by atoms with van der Waals surface area (Å²) in [6.07, 6.45) is 2.24. The van der Waals surface area contributed by atoms with Crippen LogP contribution in [-0.2, 0) is 11.3 Å². The minimum Gasteiger partial charge on any atom is -0.350 e. The molecule has 1 atom stereocenters. The Morgan fingerprint density at radius 1 is 1.67 bits per heavy atom.